The molecule has 10 nitrogen and oxygen atoms in total. The lowest BCUT2D eigenvalue weighted by Gasteiger charge is -2.18. The fraction of sp³-hybridized carbons (Fsp3) is 0.160. The van der Waals surface area contributed by atoms with E-state index in [1.807, 2.05) is 0 Å². The first-order valence-electron chi connectivity index (χ1n) is 10.9. The van der Waals surface area contributed by atoms with Gasteiger partial charge in [-0.1, -0.05) is 53.7 Å². The minimum atomic E-state index is -3.90. The number of ether oxygens (including phenoxy) is 1. The molecule has 1 aliphatic heterocycles. The molecule has 4 rings (SSSR count). The molecular formula is C25H25N5O5S. The summed E-state index contributed by atoms with van der Waals surface area (Å²) in [6.45, 7) is 0.185. The number of amides is 1. The normalized spacial score (nSPS) is 17.2. The second-order valence-electron chi connectivity index (χ2n) is 8.17. The van der Waals surface area contributed by atoms with E-state index in [9.17, 15) is 13.2 Å². The average molecular weight is 508 g/mol. The highest BCUT2D eigenvalue weighted by molar-refractivity contribution is 7.89. The summed E-state index contributed by atoms with van der Waals surface area (Å²) >= 11 is 0. The molecule has 186 valence electrons. The SMILES string of the molecule is COCC1C(c2cccc(C(=N)N)c2)=NOC1C(=O)Nc1ccc(-c2ccccc2S(N)(=O)=O)cc1. The first kappa shape index (κ1) is 25.0. The summed E-state index contributed by atoms with van der Waals surface area (Å²) in [5, 5.41) is 19.9. The Morgan fingerprint density at radius 3 is 2.47 bits per heavy atom. The standard InChI is InChI=1S/C25H25N5O5S/c1-34-14-20-22(16-5-4-6-17(13-16)24(26)27)30-35-23(20)25(31)29-18-11-9-15(10-12-18)19-7-2-3-8-21(19)36(28,32)33/h2-13,20,23H,14H2,1H3,(H3,26,27)(H,29,31)(H2,28,32,33). The maximum absolute atomic E-state index is 13.1. The molecule has 2 atom stereocenters. The number of nitrogen functional groups attached to an aromatic ring is 1. The van der Waals surface area contributed by atoms with Crippen molar-refractivity contribution in [3.8, 4) is 11.1 Å². The molecule has 3 aromatic rings. The molecule has 1 aliphatic rings. The molecule has 1 heterocycles. The lowest BCUT2D eigenvalue weighted by Crippen LogP contribution is -2.38. The van der Waals surface area contributed by atoms with Crippen LogP contribution in [-0.4, -0.2) is 45.7 Å². The lowest BCUT2D eigenvalue weighted by molar-refractivity contribution is -0.128. The van der Waals surface area contributed by atoms with Gasteiger partial charge in [-0.05, 0) is 29.8 Å². The minimum absolute atomic E-state index is 0.0158. The topological polar surface area (TPSA) is 170 Å². The maximum atomic E-state index is 13.1. The van der Waals surface area contributed by atoms with Crippen LogP contribution in [0.15, 0.2) is 82.8 Å². The zero-order valence-corrected chi connectivity index (χ0v) is 20.2. The fourth-order valence-electron chi connectivity index (χ4n) is 3.99. The Labute approximate surface area is 208 Å². The molecule has 0 aromatic heterocycles. The van der Waals surface area contributed by atoms with Gasteiger partial charge in [0.2, 0.25) is 16.1 Å². The summed E-state index contributed by atoms with van der Waals surface area (Å²) in [6, 6.07) is 20.1. The summed E-state index contributed by atoms with van der Waals surface area (Å²) in [5.41, 5.74) is 8.91. The number of benzene rings is 3. The number of hydrogen-bond donors (Lipinski definition) is 4. The Kier molecular flexibility index (Phi) is 7.15. The average Bonchev–Trinajstić information content (AvgIpc) is 3.28. The van der Waals surface area contributed by atoms with E-state index in [1.54, 1.807) is 66.7 Å². The predicted octanol–water partition coefficient (Wildman–Crippen LogP) is 2.29. The molecule has 6 N–H and O–H groups in total. The van der Waals surface area contributed by atoms with Crippen LogP contribution in [0, 0.1) is 11.3 Å². The van der Waals surface area contributed by atoms with E-state index >= 15 is 0 Å². The van der Waals surface area contributed by atoms with Gasteiger partial charge >= 0.3 is 0 Å². The Morgan fingerprint density at radius 2 is 1.81 bits per heavy atom. The number of methoxy groups -OCH3 is 1. The molecule has 0 fully saturated rings. The van der Waals surface area contributed by atoms with Crippen LogP contribution < -0.4 is 16.2 Å². The highest BCUT2D eigenvalue weighted by atomic mass is 32.2. The molecule has 3 aromatic carbocycles. The van der Waals surface area contributed by atoms with Gasteiger partial charge in [0.25, 0.3) is 5.91 Å². The summed E-state index contributed by atoms with van der Waals surface area (Å²) in [5.74, 6) is -0.988. The Morgan fingerprint density at radius 1 is 1.08 bits per heavy atom. The van der Waals surface area contributed by atoms with Gasteiger partial charge < -0.3 is 20.6 Å². The summed E-state index contributed by atoms with van der Waals surface area (Å²) in [4.78, 5) is 18.6. The maximum Gasteiger partial charge on any atom is 0.269 e. The summed E-state index contributed by atoms with van der Waals surface area (Å²) < 4.78 is 29.2. The molecular weight excluding hydrogens is 482 g/mol. The zero-order chi connectivity index (χ0) is 25.9. The number of oxime groups is 1. The predicted molar refractivity (Wildman–Crippen MR) is 136 cm³/mol. The third-order valence-electron chi connectivity index (χ3n) is 5.71. The minimum Gasteiger partial charge on any atom is -0.384 e. The summed E-state index contributed by atoms with van der Waals surface area (Å²) in [6.07, 6.45) is -0.941. The van der Waals surface area contributed by atoms with Crippen molar-refractivity contribution >= 4 is 33.2 Å². The van der Waals surface area contributed by atoms with Crippen LogP contribution in [0.3, 0.4) is 0 Å². The van der Waals surface area contributed by atoms with Gasteiger partial charge in [-0.25, -0.2) is 13.6 Å². The van der Waals surface area contributed by atoms with Crippen LogP contribution in [0.4, 0.5) is 5.69 Å². The molecule has 0 bridgehead atoms. The molecule has 1 amide bonds. The van der Waals surface area contributed by atoms with Crippen molar-refractivity contribution < 1.29 is 22.8 Å². The number of carbonyl (C=O) groups is 1. The first-order chi connectivity index (χ1) is 17.2. The van der Waals surface area contributed by atoms with Gasteiger partial charge in [-0.15, -0.1) is 0 Å². The van der Waals surface area contributed by atoms with E-state index in [2.05, 4.69) is 10.5 Å². The van der Waals surface area contributed by atoms with Crippen molar-refractivity contribution in [2.45, 2.75) is 11.0 Å². The van der Waals surface area contributed by atoms with Gasteiger partial charge in [0.05, 0.1) is 23.1 Å². The molecule has 2 unspecified atom stereocenters. The monoisotopic (exact) mass is 507 g/mol. The van der Waals surface area contributed by atoms with Crippen molar-refractivity contribution in [2.75, 3.05) is 19.0 Å². The highest BCUT2D eigenvalue weighted by Crippen LogP contribution is 2.29. The van der Waals surface area contributed by atoms with Gasteiger partial charge in [0, 0.05) is 29.5 Å². The molecule has 0 saturated carbocycles. The Balaban J connectivity index is 1.52. The van der Waals surface area contributed by atoms with Crippen LogP contribution in [0.1, 0.15) is 11.1 Å². The van der Waals surface area contributed by atoms with Crippen LogP contribution >= 0.6 is 0 Å². The Bertz CT molecular complexity index is 1440. The first-order valence-corrected chi connectivity index (χ1v) is 12.4. The van der Waals surface area contributed by atoms with Crippen LogP contribution in [-0.2, 0) is 24.4 Å². The van der Waals surface area contributed by atoms with E-state index in [4.69, 9.17) is 25.9 Å². The molecule has 0 radical (unpaired) electrons. The molecule has 0 saturated heterocycles. The van der Waals surface area contributed by atoms with Crippen LogP contribution in [0.25, 0.3) is 11.1 Å². The van der Waals surface area contributed by atoms with E-state index in [1.165, 1.54) is 13.2 Å². The largest absolute Gasteiger partial charge is 0.384 e. The van der Waals surface area contributed by atoms with Crippen LogP contribution in [0.2, 0.25) is 0 Å². The zero-order valence-electron chi connectivity index (χ0n) is 19.3. The van der Waals surface area contributed by atoms with Crippen molar-refractivity contribution in [3.05, 3.63) is 83.9 Å². The van der Waals surface area contributed by atoms with Gasteiger partial charge in [0.1, 0.15) is 5.84 Å². The number of nitrogens with one attached hydrogen (secondary N) is 2. The molecule has 0 aliphatic carbocycles. The van der Waals surface area contributed by atoms with E-state index < -0.39 is 28.0 Å². The van der Waals surface area contributed by atoms with Gasteiger partial charge in [-0.2, -0.15) is 0 Å². The van der Waals surface area contributed by atoms with Crippen molar-refractivity contribution in [1.82, 2.24) is 0 Å². The fourth-order valence-corrected chi connectivity index (χ4v) is 4.75. The molecule has 0 spiro atoms. The highest BCUT2D eigenvalue weighted by Gasteiger charge is 2.40. The number of sulfonamides is 1. The number of carbonyl (C=O) groups excluding carboxylic acids is 1. The Hall–Kier alpha value is -4.06. The number of hydrogen-bond acceptors (Lipinski definition) is 7. The van der Waals surface area contributed by atoms with Gasteiger partial charge in [-0.3, -0.25) is 10.2 Å². The van der Waals surface area contributed by atoms with E-state index in [-0.39, 0.29) is 17.3 Å². The van der Waals surface area contributed by atoms with E-state index in [0.29, 0.717) is 33.7 Å². The van der Waals surface area contributed by atoms with Crippen molar-refractivity contribution in [3.63, 3.8) is 0 Å². The number of nitrogens with two attached hydrogens (primary N) is 2. The lowest BCUT2D eigenvalue weighted by atomic mass is 9.91. The quantitative estimate of drug-likeness (QED) is 0.269. The van der Waals surface area contributed by atoms with Crippen molar-refractivity contribution in [1.29, 1.82) is 5.41 Å². The number of nitrogens with zero attached hydrogens (tertiary/aromatic N) is 1. The van der Waals surface area contributed by atoms with Gasteiger partial charge in [0.15, 0.2) is 0 Å². The molecule has 11 heteroatoms. The van der Waals surface area contributed by atoms with Crippen molar-refractivity contribution in [2.24, 2.45) is 21.9 Å². The summed E-state index contributed by atoms with van der Waals surface area (Å²) in [7, 11) is -2.38. The number of amidine groups is 1. The van der Waals surface area contributed by atoms with E-state index in [0.717, 1.165) is 0 Å². The third kappa shape index (κ3) is 5.28. The number of rotatable bonds is 8. The smallest absolute Gasteiger partial charge is 0.269 e. The molecule has 36 heavy (non-hydrogen) atoms. The number of anilines is 1. The number of primary sulfonamides is 1. The third-order valence-corrected chi connectivity index (χ3v) is 6.68. The second-order valence-corrected chi connectivity index (χ2v) is 9.70. The van der Waals surface area contributed by atoms with Crippen LogP contribution in [0.5, 0.6) is 0 Å². The second kappa shape index (κ2) is 10.3.